The number of aliphatic hydroxyl groups excluding tert-OH is 1. The first-order valence-electron chi connectivity index (χ1n) is 11.7. The molecular weight excluding hydrogens is 466 g/mol. The number of thiophene rings is 1. The van der Waals surface area contributed by atoms with Crippen molar-refractivity contribution >= 4 is 21.6 Å². The fraction of sp³-hybridized carbons (Fsp3) is 0.462. The first-order chi connectivity index (χ1) is 16.9. The lowest BCUT2D eigenvalue weighted by Gasteiger charge is -2.25. The molecule has 0 amide bonds. The van der Waals surface area contributed by atoms with Crippen LogP contribution >= 0.6 is 11.3 Å². The Balaban J connectivity index is 1.85. The van der Waals surface area contributed by atoms with Crippen LogP contribution in [-0.4, -0.2) is 66.6 Å². The fourth-order valence-electron chi connectivity index (χ4n) is 3.81. The van der Waals surface area contributed by atoms with Crippen molar-refractivity contribution in [2.45, 2.75) is 32.9 Å². The highest BCUT2D eigenvalue weighted by molar-refractivity contribution is 7.17. The number of ether oxygens (including phenoxy) is 3. The van der Waals surface area contributed by atoms with Crippen molar-refractivity contribution in [1.82, 2.24) is 14.9 Å². The van der Waals surface area contributed by atoms with Crippen LogP contribution in [0.2, 0.25) is 0 Å². The summed E-state index contributed by atoms with van der Waals surface area (Å²) in [5.41, 5.74) is 1.47. The lowest BCUT2D eigenvalue weighted by Crippen LogP contribution is -2.36. The van der Waals surface area contributed by atoms with Crippen LogP contribution in [-0.2, 0) is 11.3 Å². The third kappa shape index (κ3) is 7.14. The average Bonchev–Trinajstić information content (AvgIpc) is 3.26. The number of hydrogen-bond donors (Lipinski definition) is 2. The molecule has 9 heteroatoms. The zero-order valence-electron chi connectivity index (χ0n) is 20.9. The quantitative estimate of drug-likeness (QED) is 0.254. The molecule has 1 atom stereocenters. The Morgan fingerprint density at radius 2 is 2.03 bits per heavy atom. The summed E-state index contributed by atoms with van der Waals surface area (Å²) in [5.74, 6) is 2.32. The van der Waals surface area contributed by atoms with Crippen LogP contribution in [0.25, 0.3) is 21.3 Å². The van der Waals surface area contributed by atoms with Crippen molar-refractivity contribution < 1.29 is 19.3 Å². The molecule has 2 heterocycles. The van der Waals surface area contributed by atoms with Gasteiger partial charge in [0.05, 0.1) is 45.5 Å². The molecule has 0 radical (unpaired) electrons. The van der Waals surface area contributed by atoms with Crippen molar-refractivity contribution in [2.75, 3.05) is 40.5 Å². The van der Waals surface area contributed by atoms with Gasteiger partial charge < -0.3 is 24.3 Å². The third-order valence-electron chi connectivity index (χ3n) is 5.60. The van der Waals surface area contributed by atoms with Crippen molar-refractivity contribution in [3.8, 4) is 22.6 Å². The lowest BCUT2D eigenvalue weighted by molar-refractivity contribution is 0.0232. The van der Waals surface area contributed by atoms with E-state index in [9.17, 15) is 9.90 Å². The monoisotopic (exact) mass is 501 g/mol. The second kappa shape index (κ2) is 12.8. The number of aliphatic hydroxyl groups is 1. The van der Waals surface area contributed by atoms with E-state index in [4.69, 9.17) is 19.2 Å². The summed E-state index contributed by atoms with van der Waals surface area (Å²) >= 11 is 1.43. The van der Waals surface area contributed by atoms with Crippen molar-refractivity contribution in [1.29, 1.82) is 0 Å². The van der Waals surface area contributed by atoms with E-state index in [-0.39, 0.29) is 12.2 Å². The number of H-pyrrole nitrogens is 1. The molecule has 0 fully saturated rings. The van der Waals surface area contributed by atoms with Crippen LogP contribution < -0.4 is 15.0 Å². The summed E-state index contributed by atoms with van der Waals surface area (Å²) in [4.78, 5) is 23.6. The molecule has 0 aliphatic heterocycles. The predicted molar refractivity (Wildman–Crippen MR) is 141 cm³/mol. The second-order valence-electron chi connectivity index (χ2n) is 8.81. The maximum atomic E-state index is 13.1. The number of aromatic amines is 1. The van der Waals surface area contributed by atoms with Crippen LogP contribution in [0.4, 0.5) is 0 Å². The number of nitrogens with one attached hydrogen (secondary N) is 1. The highest BCUT2D eigenvalue weighted by Gasteiger charge is 2.18. The number of hydrogen-bond acceptors (Lipinski definition) is 8. The summed E-state index contributed by atoms with van der Waals surface area (Å²) in [6, 6.07) is 5.58. The average molecular weight is 502 g/mol. The van der Waals surface area contributed by atoms with Gasteiger partial charge in [-0.15, -0.1) is 17.9 Å². The molecule has 0 unspecified atom stereocenters. The minimum absolute atomic E-state index is 0.185. The molecule has 8 nitrogen and oxygen atoms in total. The molecule has 0 saturated heterocycles. The zero-order valence-corrected chi connectivity index (χ0v) is 21.7. The van der Waals surface area contributed by atoms with Gasteiger partial charge in [-0.2, -0.15) is 0 Å². The third-order valence-corrected chi connectivity index (χ3v) is 6.47. The van der Waals surface area contributed by atoms with Gasteiger partial charge in [-0.05, 0) is 36.6 Å². The maximum Gasteiger partial charge on any atom is 0.260 e. The molecule has 2 N–H and O–H groups in total. The topological polar surface area (TPSA) is 96.9 Å². The largest absolute Gasteiger partial charge is 0.493 e. The van der Waals surface area contributed by atoms with E-state index in [0.717, 1.165) is 24.1 Å². The molecule has 2 aromatic heterocycles. The Hall–Kier alpha value is -2.72. The van der Waals surface area contributed by atoms with Crippen molar-refractivity contribution in [3.05, 3.63) is 52.4 Å². The van der Waals surface area contributed by atoms with E-state index < -0.39 is 6.10 Å². The molecule has 0 bridgehead atoms. The number of fused-ring (bicyclic) bond motifs is 1. The maximum absolute atomic E-state index is 13.1. The van der Waals surface area contributed by atoms with Crippen LogP contribution in [0.15, 0.2) is 41.0 Å². The SMILES string of the molecule is C=CCOC[C@H](O)CN(CCC(C)C)Cc1nc2scc(-c3ccc(OC)c(OC)c3)c2c(=O)[nH]1. The van der Waals surface area contributed by atoms with E-state index in [1.807, 2.05) is 23.6 Å². The predicted octanol–water partition coefficient (Wildman–Crippen LogP) is 4.08. The molecule has 0 saturated carbocycles. The van der Waals surface area contributed by atoms with Crippen LogP contribution in [0.3, 0.4) is 0 Å². The second-order valence-corrected chi connectivity index (χ2v) is 9.67. The summed E-state index contributed by atoms with van der Waals surface area (Å²) in [7, 11) is 3.17. The number of nitrogens with zero attached hydrogens (tertiary/aromatic N) is 2. The molecular formula is C26H35N3O5S. The molecule has 1 aromatic carbocycles. The van der Waals surface area contributed by atoms with Gasteiger partial charge in [0.1, 0.15) is 10.7 Å². The molecule has 0 aliphatic rings. The van der Waals surface area contributed by atoms with Crippen LogP contribution in [0.5, 0.6) is 11.5 Å². The fourth-order valence-corrected chi connectivity index (χ4v) is 4.78. The first-order valence-corrected chi connectivity index (χ1v) is 12.6. The highest BCUT2D eigenvalue weighted by atomic mass is 32.1. The van der Waals surface area contributed by atoms with Crippen molar-refractivity contribution in [3.63, 3.8) is 0 Å². The number of methoxy groups -OCH3 is 2. The van der Waals surface area contributed by atoms with Gasteiger partial charge in [-0.1, -0.05) is 26.0 Å². The summed E-state index contributed by atoms with van der Waals surface area (Å²) in [5, 5.41) is 12.9. The lowest BCUT2D eigenvalue weighted by atomic mass is 10.1. The Bertz CT molecular complexity index is 1170. The standard InChI is InChI=1S/C26H35N3O5S/c1-6-11-34-15-19(30)13-29(10-9-17(2)3)14-23-27-25(31)24-20(16-35-26(24)28-23)18-7-8-21(32-4)22(12-18)33-5/h6-8,12,16-17,19,30H,1,9-11,13-15H2,2-5H3,(H,27,28,31)/t19-/m1/s1. The molecule has 0 spiro atoms. The van der Waals surface area contributed by atoms with Crippen molar-refractivity contribution in [2.24, 2.45) is 5.92 Å². The van der Waals surface area contributed by atoms with Gasteiger partial charge in [-0.25, -0.2) is 4.98 Å². The smallest absolute Gasteiger partial charge is 0.260 e. The number of benzene rings is 1. The Labute approximate surface area is 210 Å². The van der Waals surface area contributed by atoms with E-state index in [1.54, 1.807) is 20.3 Å². The van der Waals surface area contributed by atoms with Crippen LogP contribution in [0, 0.1) is 5.92 Å². The number of rotatable bonds is 14. The summed E-state index contributed by atoms with van der Waals surface area (Å²) in [6.07, 6.45) is 1.98. The zero-order chi connectivity index (χ0) is 25.4. The van der Waals surface area contributed by atoms with Crippen LogP contribution in [0.1, 0.15) is 26.1 Å². The Morgan fingerprint density at radius 3 is 2.71 bits per heavy atom. The van der Waals surface area contributed by atoms with Gasteiger partial charge >= 0.3 is 0 Å². The molecule has 0 aliphatic carbocycles. The Morgan fingerprint density at radius 1 is 1.26 bits per heavy atom. The van der Waals surface area contributed by atoms with E-state index in [0.29, 0.717) is 53.2 Å². The van der Waals surface area contributed by atoms with E-state index in [1.165, 1.54) is 11.3 Å². The number of aromatic nitrogens is 2. The normalized spacial score (nSPS) is 12.4. The minimum atomic E-state index is -0.643. The summed E-state index contributed by atoms with van der Waals surface area (Å²) in [6.45, 7) is 10.2. The highest BCUT2D eigenvalue weighted by Crippen LogP contribution is 2.36. The van der Waals surface area contributed by atoms with E-state index in [2.05, 4.69) is 30.3 Å². The van der Waals surface area contributed by atoms with Gasteiger partial charge in [0.2, 0.25) is 0 Å². The van der Waals surface area contributed by atoms with E-state index >= 15 is 0 Å². The van der Waals surface area contributed by atoms with Gasteiger partial charge in [0, 0.05) is 17.5 Å². The molecule has 3 aromatic rings. The van der Waals surface area contributed by atoms with Gasteiger partial charge in [0.25, 0.3) is 5.56 Å². The molecule has 3 rings (SSSR count). The molecule has 35 heavy (non-hydrogen) atoms. The van der Waals surface area contributed by atoms with Gasteiger partial charge in [0.15, 0.2) is 11.5 Å². The van der Waals surface area contributed by atoms with Gasteiger partial charge in [-0.3, -0.25) is 9.69 Å². The molecule has 190 valence electrons. The first kappa shape index (κ1) is 26.9. The minimum Gasteiger partial charge on any atom is -0.493 e. The Kier molecular flexibility index (Phi) is 9.85. The summed E-state index contributed by atoms with van der Waals surface area (Å²) < 4.78 is 16.1.